The first kappa shape index (κ1) is 14.7. The Labute approximate surface area is 110 Å². The molecule has 1 aromatic heterocycles. The summed E-state index contributed by atoms with van der Waals surface area (Å²) in [4.78, 5) is 23.3. The Morgan fingerprint density at radius 3 is 2.78 bits per heavy atom. The van der Waals surface area contributed by atoms with Crippen LogP contribution in [0.1, 0.15) is 22.6 Å². The number of carbonyl (C=O) groups is 2. The van der Waals surface area contributed by atoms with Crippen LogP contribution in [0.15, 0.2) is 12.1 Å². The fourth-order valence-corrected chi connectivity index (χ4v) is 2.41. The summed E-state index contributed by atoms with van der Waals surface area (Å²) in [7, 11) is 1.38. The van der Waals surface area contributed by atoms with Crippen LogP contribution in [0.25, 0.3) is 0 Å². The molecule has 0 aliphatic carbocycles. The molecule has 0 bridgehead atoms. The van der Waals surface area contributed by atoms with E-state index < -0.39 is 5.97 Å². The Morgan fingerprint density at radius 2 is 2.11 bits per heavy atom. The third kappa shape index (κ3) is 5.79. The molecule has 1 rings (SSSR count). The monoisotopic (exact) mass is 271 g/mol. The van der Waals surface area contributed by atoms with E-state index in [0.717, 1.165) is 22.7 Å². The Balaban J connectivity index is 2.17. The second kappa shape index (κ2) is 7.84. The van der Waals surface area contributed by atoms with E-state index in [0.29, 0.717) is 13.0 Å². The first-order valence-corrected chi connectivity index (χ1v) is 6.50. The molecule has 0 saturated heterocycles. The van der Waals surface area contributed by atoms with Gasteiger partial charge in [0.1, 0.15) is 0 Å². The Kier molecular flexibility index (Phi) is 6.38. The first-order valence-electron chi connectivity index (χ1n) is 5.68. The van der Waals surface area contributed by atoms with Gasteiger partial charge >= 0.3 is 11.9 Å². The normalized spacial score (nSPS) is 10.3. The van der Waals surface area contributed by atoms with E-state index in [9.17, 15) is 9.59 Å². The maximum absolute atomic E-state index is 10.8. The molecule has 0 saturated carbocycles. The van der Waals surface area contributed by atoms with E-state index in [-0.39, 0.29) is 12.4 Å². The van der Waals surface area contributed by atoms with Gasteiger partial charge < -0.3 is 15.2 Å². The lowest BCUT2D eigenvalue weighted by atomic mass is 10.3. The molecule has 0 fully saturated rings. The van der Waals surface area contributed by atoms with Gasteiger partial charge in [0.25, 0.3) is 0 Å². The lowest BCUT2D eigenvalue weighted by molar-refractivity contribution is -0.140. The molecule has 5 nitrogen and oxygen atoms in total. The summed E-state index contributed by atoms with van der Waals surface area (Å²) < 4.78 is 4.54. The summed E-state index contributed by atoms with van der Waals surface area (Å²) >= 11 is 1.50. The summed E-state index contributed by atoms with van der Waals surface area (Å²) in [5, 5.41) is 11.8. The lowest BCUT2D eigenvalue weighted by Crippen LogP contribution is -2.15. The molecule has 0 aromatic carbocycles. The largest absolute Gasteiger partial charge is 0.481 e. The van der Waals surface area contributed by atoms with Crippen LogP contribution in [-0.2, 0) is 27.3 Å². The average Bonchev–Trinajstić information content (AvgIpc) is 2.75. The van der Waals surface area contributed by atoms with Crippen molar-refractivity contribution in [2.24, 2.45) is 0 Å². The van der Waals surface area contributed by atoms with Crippen LogP contribution in [0.3, 0.4) is 0 Å². The molecule has 1 aromatic rings. The quantitative estimate of drug-likeness (QED) is 0.552. The number of ether oxygens (including phenoxy) is 1. The predicted octanol–water partition coefficient (Wildman–Crippen LogP) is 1.42. The van der Waals surface area contributed by atoms with Gasteiger partial charge in [-0.25, -0.2) is 0 Å². The molecule has 0 amide bonds. The highest BCUT2D eigenvalue weighted by atomic mass is 32.1. The number of hydrogen-bond donors (Lipinski definition) is 2. The van der Waals surface area contributed by atoms with Crippen LogP contribution >= 0.6 is 11.3 Å². The average molecular weight is 271 g/mol. The van der Waals surface area contributed by atoms with Crippen LogP contribution in [0, 0.1) is 0 Å². The van der Waals surface area contributed by atoms with Gasteiger partial charge in [0.2, 0.25) is 0 Å². The van der Waals surface area contributed by atoms with Gasteiger partial charge in [0, 0.05) is 22.7 Å². The lowest BCUT2D eigenvalue weighted by Gasteiger charge is -2.02. The third-order valence-electron chi connectivity index (χ3n) is 2.30. The third-order valence-corrected chi connectivity index (χ3v) is 3.39. The number of esters is 1. The zero-order valence-electron chi connectivity index (χ0n) is 10.3. The molecule has 100 valence electrons. The van der Waals surface area contributed by atoms with Crippen molar-refractivity contribution in [1.82, 2.24) is 5.32 Å². The van der Waals surface area contributed by atoms with Gasteiger partial charge in [0.05, 0.1) is 13.5 Å². The number of carboxylic acids is 1. The van der Waals surface area contributed by atoms with Crippen LogP contribution < -0.4 is 5.32 Å². The SMILES string of the molecule is COC(=O)CCCNCc1ccc(CC(=O)O)s1. The van der Waals surface area contributed by atoms with Gasteiger partial charge in [-0.3, -0.25) is 9.59 Å². The number of nitrogens with one attached hydrogen (secondary N) is 1. The van der Waals surface area contributed by atoms with Gasteiger partial charge in [-0.1, -0.05) is 0 Å². The van der Waals surface area contributed by atoms with Crippen molar-refractivity contribution in [3.05, 3.63) is 21.9 Å². The highest BCUT2D eigenvalue weighted by Crippen LogP contribution is 2.16. The van der Waals surface area contributed by atoms with Gasteiger partial charge in [-0.2, -0.15) is 0 Å². The second-order valence-electron chi connectivity index (χ2n) is 3.79. The van der Waals surface area contributed by atoms with Crippen LogP contribution in [0.2, 0.25) is 0 Å². The van der Waals surface area contributed by atoms with Gasteiger partial charge in [-0.05, 0) is 25.1 Å². The molecular weight excluding hydrogens is 254 g/mol. The zero-order valence-corrected chi connectivity index (χ0v) is 11.1. The molecule has 1 heterocycles. The topological polar surface area (TPSA) is 75.6 Å². The number of carboxylic acid groups (broad SMARTS) is 1. The van der Waals surface area contributed by atoms with Crippen molar-refractivity contribution in [2.75, 3.05) is 13.7 Å². The van der Waals surface area contributed by atoms with Crippen LogP contribution in [0.5, 0.6) is 0 Å². The van der Waals surface area contributed by atoms with E-state index in [1.807, 2.05) is 12.1 Å². The summed E-state index contributed by atoms with van der Waals surface area (Å²) in [5.41, 5.74) is 0. The van der Waals surface area contributed by atoms with Gasteiger partial charge in [0.15, 0.2) is 0 Å². The number of thiophene rings is 1. The van der Waals surface area contributed by atoms with E-state index in [1.165, 1.54) is 18.4 Å². The highest BCUT2D eigenvalue weighted by Gasteiger charge is 2.04. The van der Waals surface area contributed by atoms with Crippen molar-refractivity contribution in [1.29, 1.82) is 0 Å². The first-order chi connectivity index (χ1) is 8.61. The van der Waals surface area contributed by atoms with Gasteiger partial charge in [-0.15, -0.1) is 11.3 Å². The Hall–Kier alpha value is -1.40. The zero-order chi connectivity index (χ0) is 13.4. The fraction of sp³-hybridized carbons (Fsp3) is 0.500. The maximum atomic E-state index is 10.8. The highest BCUT2D eigenvalue weighted by molar-refractivity contribution is 7.12. The molecule has 0 unspecified atom stereocenters. The molecular formula is C12H17NO4S. The fourth-order valence-electron chi connectivity index (χ4n) is 1.43. The van der Waals surface area contributed by atoms with E-state index in [2.05, 4.69) is 10.1 Å². The second-order valence-corrected chi connectivity index (χ2v) is 5.05. The standard InChI is InChI=1S/C12H17NO4S/c1-17-12(16)3-2-6-13-8-10-5-4-9(18-10)7-11(14)15/h4-5,13H,2-3,6-8H2,1H3,(H,14,15). The molecule has 0 radical (unpaired) electrons. The number of rotatable bonds is 8. The van der Waals surface area contributed by atoms with Crippen molar-refractivity contribution in [3.8, 4) is 0 Å². The number of carbonyl (C=O) groups excluding carboxylic acids is 1. The summed E-state index contributed by atoms with van der Waals surface area (Å²) in [5.74, 6) is -1.01. The maximum Gasteiger partial charge on any atom is 0.308 e. The Bertz CT molecular complexity index is 403. The molecule has 0 atom stereocenters. The van der Waals surface area contributed by atoms with Crippen molar-refractivity contribution < 1.29 is 19.4 Å². The number of aliphatic carboxylic acids is 1. The predicted molar refractivity (Wildman–Crippen MR) is 68.6 cm³/mol. The van der Waals surface area contributed by atoms with E-state index in [4.69, 9.17) is 5.11 Å². The molecule has 6 heteroatoms. The summed E-state index contributed by atoms with van der Waals surface area (Å²) in [6.45, 7) is 1.44. The van der Waals surface area contributed by atoms with Crippen LogP contribution in [0.4, 0.5) is 0 Å². The number of hydrogen-bond acceptors (Lipinski definition) is 5. The van der Waals surface area contributed by atoms with Crippen molar-refractivity contribution in [2.45, 2.75) is 25.8 Å². The number of methoxy groups -OCH3 is 1. The van der Waals surface area contributed by atoms with E-state index in [1.54, 1.807) is 0 Å². The molecule has 18 heavy (non-hydrogen) atoms. The minimum atomic E-state index is -0.811. The molecule has 0 aliphatic rings. The molecule has 2 N–H and O–H groups in total. The smallest absolute Gasteiger partial charge is 0.308 e. The molecule has 0 spiro atoms. The summed E-state index contributed by atoms with van der Waals surface area (Å²) in [6, 6.07) is 3.76. The minimum Gasteiger partial charge on any atom is -0.481 e. The van der Waals surface area contributed by atoms with Crippen molar-refractivity contribution >= 4 is 23.3 Å². The summed E-state index contributed by atoms with van der Waals surface area (Å²) in [6.07, 6.45) is 1.23. The minimum absolute atomic E-state index is 0.0764. The van der Waals surface area contributed by atoms with Crippen LogP contribution in [-0.4, -0.2) is 30.7 Å². The van der Waals surface area contributed by atoms with Crippen molar-refractivity contribution in [3.63, 3.8) is 0 Å². The molecule has 0 aliphatic heterocycles. The van der Waals surface area contributed by atoms with E-state index >= 15 is 0 Å². The Morgan fingerprint density at radius 1 is 1.39 bits per heavy atom.